The Bertz CT molecular complexity index is 490. The minimum Gasteiger partial charge on any atom is -0.389 e. The molecule has 0 heterocycles. The standard InChI is InChI=1S/C16H25N3OS/c1-4-12(3)19(5-2)11-10-15(20)18-14-9-7-6-8-13(14)16(17)21/h6-9,12H,4-5,10-11H2,1-3H3,(H2,17,21)(H,18,20). The van der Waals surface area contributed by atoms with E-state index in [1.807, 2.05) is 24.3 Å². The highest BCUT2D eigenvalue weighted by Crippen LogP contribution is 2.15. The quantitative estimate of drug-likeness (QED) is 0.725. The van der Waals surface area contributed by atoms with Gasteiger partial charge in [-0.15, -0.1) is 0 Å². The van der Waals surface area contributed by atoms with Gasteiger partial charge in [-0.05, 0) is 32.0 Å². The molecule has 0 aliphatic heterocycles. The van der Waals surface area contributed by atoms with Crippen molar-refractivity contribution in [1.82, 2.24) is 4.90 Å². The number of carbonyl (C=O) groups excluding carboxylic acids is 1. The maximum atomic E-state index is 12.1. The number of amides is 1. The number of anilines is 1. The maximum absolute atomic E-state index is 12.1. The number of hydrogen-bond donors (Lipinski definition) is 2. The molecule has 0 spiro atoms. The highest BCUT2D eigenvalue weighted by atomic mass is 32.1. The summed E-state index contributed by atoms with van der Waals surface area (Å²) in [6.07, 6.45) is 1.55. The van der Waals surface area contributed by atoms with Crippen LogP contribution in [0.5, 0.6) is 0 Å². The Morgan fingerprint density at radius 1 is 1.38 bits per heavy atom. The smallest absolute Gasteiger partial charge is 0.225 e. The van der Waals surface area contributed by atoms with Gasteiger partial charge in [0.15, 0.2) is 0 Å². The molecule has 3 N–H and O–H groups in total. The molecular formula is C16H25N3OS. The predicted octanol–water partition coefficient (Wildman–Crippen LogP) is 2.77. The maximum Gasteiger partial charge on any atom is 0.225 e. The van der Waals surface area contributed by atoms with Crippen molar-refractivity contribution in [3.05, 3.63) is 29.8 Å². The first kappa shape index (κ1) is 17.6. The highest BCUT2D eigenvalue weighted by Gasteiger charge is 2.13. The summed E-state index contributed by atoms with van der Waals surface area (Å²) >= 11 is 5.00. The fourth-order valence-corrected chi connectivity index (χ4v) is 2.39. The summed E-state index contributed by atoms with van der Waals surface area (Å²) < 4.78 is 0. The van der Waals surface area contributed by atoms with Crippen molar-refractivity contribution in [3.63, 3.8) is 0 Å². The van der Waals surface area contributed by atoms with Gasteiger partial charge in [-0.3, -0.25) is 4.79 Å². The molecule has 0 bridgehead atoms. The van der Waals surface area contributed by atoms with Gasteiger partial charge >= 0.3 is 0 Å². The second-order valence-corrected chi connectivity index (χ2v) is 5.53. The third-order valence-corrected chi connectivity index (χ3v) is 3.93. The molecule has 21 heavy (non-hydrogen) atoms. The van der Waals surface area contributed by atoms with Crippen LogP contribution in [-0.2, 0) is 4.79 Å². The molecule has 1 rings (SSSR count). The molecule has 0 aliphatic rings. The minimum absolute atomic E-state index is 0.0135. The van der Waals surface area contributed by atoms with Crippen LogP contribution in [0, 0.1) is 0 Å². The first-order valence-corrected chi connectivity index (χ1v) is 7.83. The molecule has 5 heteroatoms. The molecule has 1 unspecified atom stereocenters. The molecule has 4 nitrogen and oxygen atoms in total. The van der Waals surface area contributed by atoms with Gasteiger partial charge in [0.05, 0.1) is 5.69 Å². The van der Waals surface area contributed by atoms with E-state index in [1.54, 1.807) is 0 Å². The first-order valence-electron chi connectivity index (χ1n) is 7.42. The van der Waals surface area contributed by atoms with E-state index in [2.05, 4.69) is 31.0 Å². The van der Waals surface area contributed by atoms with Crippen molar-refractivity contribution < 1.29 is 4.79 Å². The van der Waals surface area contributed by atoms with Crippen LogP contribution in [0.4, 0.5) is 5.69 Å². The largest absolute Gasteiger partial charge is 0.389 e. The summed E-state index contributed by atoms with van der Waals surface area (Å²) in [5.41, 5.74) is 7.05. The van der Waals surface area contributed by atoms with Gasteiger partial charge in [0.1, 0.15) is 4.99 Å². The van der Waals surface area contributed by atoms with E-state index in [-0.39, 0.29) is 5.91 Å². The zero-order chi connectivity index (χ0) is 15.8. The van der Waals surface area contributed by atoms with Crippen LogP contribution in [0.25, 0.3) is 0 Å². The van der Waals surface area contributed by atoms with Gasteiger partial charge in [-0.1, -0.05) is 38.2 Å². The molecule has 0 radical (unpaired) electrons. The van der Waals surface area contributed by atoms with Gasteiger partial charge in [-0.25, -0.2) is 0 Å². The van der Waals surface area contributed by atoms with E-state index in [9.17, 15) is 4.79 Å². The lowest BCUT2D eigenvalue weighted by molar-refractivity contribution is -0.116. The van der Waals surface area contributed by atoms with Gasteiger partial charge in [0.25, 0.3) is 0 Å². The molecule has 0 saturated heterocycles. The summed E-state index contributed by atoms with van der Waals surface area (Å²) in [7, 11) is 0. The Hall–Kier alpha value is -1.46. The number of nitrogens with two attached hydrogens (primary N) is 1. The Balaban J connectivity index is 2.60. The van der Waals surface area contributed by atoms with Crippen LogP contribution in [0.15, 0.2) is 24.3 Å². The second-order valence-electron chi connectivity index (χ2n) is 5.09. The Morgan fingerprint density at radius 2 is 2.05 bits per heavy atom. The number of thiocarbonyl (C=S) groups is 1. The highest BCUT2D eigenvalue weighted by molar-refractivity contribution is 7.80. The average molecular weight is 307 g/mol. The lowest BCUT2D eigenvalue weighted by Gasteiger charge is -2.26. The number of nitrogens with one attached hydrogen (secondary N) is 1. The molecule has 1 aromatic rings. The number of rotatable bonds is 8. The van der Waals surface area contributed by atoms with Crippen molar-refractivity contribution in [1.29, 1.82) is 0 Å². The van der Waals surface area contributed by atoms with Gasteiger partial charge in [0.2, 0.25) is 5.91 Å². The monoisotopic (exact) mass is 307 g/mol. The Morgan fingerprint density at radius 3 is 2.62 bits per heavy atom. The molecule has 0 aromatic heterocycles. The van der Waals surface area contributed by atoms with Crippen LogP contribution < -0.4 is 11.1 Å². The number of nitrogens with zero attached hydrogens (tertiary/aromatic N) is 1. The molecule has 1 atom stereocenters. The normalized spacial score (nSPS) is 12.2. The summed E-state index contributed by atoms with van der Waals surface area (Å²) in [6, 6.07) is 7.83. The third-order valence-electron chi connectivity index (χ3n) is 3.71. The lowest BCUT2D eigenvalue weighted by atomic mass is 10.1. The fourth-order valence-electron chi connectivity index (χ4n) is 2.21. The first-order chi connectivity index (χ1) is 9.99. The summed E-state index contributed by atoms with van der Waals surface area (Å²) in [5, 5.41) is 2.90. The fraction of sp³-hybridized carbons (Fsp3) is 0.500. The van der Waals surface area contributed by atoms with Crippen molar-refractivity contribution in [3.8, 4) is 0 Å². The topological polar surface area (TPSA) is 58.4 Å². The van der Waals surface area contributed by atoms with Gasteiger partial charge in [0, 0.05) is 24.6 Å². The second kappa shape index (κ2) is 8.74. The van der Waals surface area contributed by atoms with E-state index in [0.717, 1.165) is 19.5 Å². The molecule has 1 amide bonds. The Kier molecular flexibility index (Phi) is 7.32. The van der Waals surface area contributed by atoms with Crippen LogP contribution in [0.2, 0.25) is 0 Å². The van der Waals surface area contributed by atoms with E-state index >= 15 is 0 Å². The molecule has 0 fully saturated rings. The van der Waals surface area contributed by atoms with Gasteiger partial charge < -0.3 is 16.0 Å². The van der Waals surface area contributed by atoms with Crippen molar-refractivity contribution in [2.24, 2.45) is 5.73 Å². The SMILES string of the molecule is CCC(C)N(CC)CCC(=O)Nc1ccccc1C(N)=S. The molecule has 0 saturated carbocycles. The number of benzene rings is 1. The van der Waals surface area contributed by atoms with E-state index < -0.39 is 0 Å². The van der Waals surface area contributed by atoms with Crippen molar-refractivity contribution in [2.75, 3.05) is 18.4 Å². The third kappa shape index (κ3) is 5.44. The Labute approximate surface area is 132 Å². The summed E-state index contributed by atoms with van der Waals surface area (Å²) in [5.74, 6) is -0.0135. The molecule has 0 aliphatic carbocycles. The van der Waals surface area contributed by atoms with Crippen LogP contribution >= 0.6 is 12.2 Å². The van der Waals surface area contributed by atoms with Crippen molar-refractivity contribution >= 4 is 28.8 Å². The summed E-state index contributed by atoms with van der Waals surface area (Å²) in [6.45, 7) is 8.17. The van der Waals surface area contributed by atoms with Crippen LogP contribution in [0.3, 0.4) is 0 Å². The van der Waals surface area contributed by atoms with Crippen LogP contribution in [0.1, 0.15) is 39.2 Å². The molecular weight excluding hydrogens is 282 g/mol. The van der Waals surface area contributed by atoms with E-state index in [0.29, 0.717) is 28.7 Å². The average Bonchev–Trinajstić information content (AvgIpc) is 2.47. The van der Waals surface area contributed by atoms with E-state index in [1.165, 1.54) is 0 Å². The minimum atomic E-state index is -0.0135. The zero-order valence-electron chi connectivity index (χ0n) is 13.1. The predicted molar refractivity (Wildman–Crippen MR) is 92.6 cm³/mol. The molecule has 1 aromatic carbocycles. The lowest BCUT2D eigenvalue weighted by Crippen LogP contribution is -2.35. The number of carbonyl (C=O) groups is 1. The van der Waals surface area contributed by atoms with Gasteiger partial charge in [-0.2, -0.15) is 0 Å². The number of hydrogen-bond acceptors (Lipinski definition) is 3. The van der Waals surface area contributed by atoms with Crippen LogP contribution in [-0.4, -0.2) is 34.9 Å². The molecule has 116 valence electrons. The summed E-state index contributed by atoms with van der Waals surface area (Å²) in [4.78, 5) is 14.7. The van der Waals surface area contributed by atoms with Crippen molar-refractivity contribution in [2.45, 2.75) is 39.7 Å². The zero-order valence-corrected chi connectivity index (χ0v) is 13.9. The number of para-hydroxylation sites is 1. The van der Waals surface area contributed by atoms with E-state index in [4.69, 9.17) is 18.0 Å².